The van der Waals surface area contributed by atoms with Gasteiger partial charge in [0.2, 0.25) is 11.8 Å². The molecule has 0 bridgehead atoms. The topological polar surface area (TPSA) is 177 Å². The van der Waals surface area contributed by atoms with Gasteiger partial charge in [-0.1, -0.05) is 18.6 Å². The number of alkyl carbamates (subject to hydrolysis) is 1. The lowest BCUT2D eigenvalue weighted by atomic mass is 10.0. The van der Waals surface area contributed by atoms with Crippen molar-refractivity contribution in [2.24, 2.45) is 5.73 Å². The Labute approximate surface area is 209 Å². The molecule has 0 aliphatic rings. The van der Waals surface area contributed by atoms with Gasteiger partial charge < -0.3 is 30.9 Å². The van der Waals surface area contributed by atoms with Crippen LogP contribution in [0, 0.1) is 12.5 Å². The first-order valence-electron chi connectivity index (χ1n) is 11.1. The third-order valence-electron chi connectivity index (χ3n) is 4.40. The summed E-state index contributed by atoms with van der Waals surface area (Å²) in [6, 6.07) is 4.50. The summed E-state index contributed by atoms with van der Waals surface area (Å²) in [5.74, 6) is -3.46. The zero-order valence-electron chi connectivity index (χ0n) is 20.7. The third-order valence-corrected chi connectivity index (χ3v) is 4.40. The van der Waals surface area contributed by atoms with E-state index >= 15 is 0 Å². The van der Waals surface area contributed by atoms with Crippen molar-refractivity contribution in [3.63, 3.8) is 0 Å². The van der Waals surface area contributed by atoms with Gasteiger partial charge in [-0.05, 0) is 45.4 Å². The lowest BCUT2D eigenvalue weighted by Crippen LogP contribution is -2.52. The summed E-state index contributed by atoms with van der Waals surface area (Å²) in [6.07, 6.45) is 3.81. The van der Waals surface area contributed by atoms with E-state index in [0.29, 0.717) is 4.90 Å². The van der Waals surface area contributed by atoms with Crippen molar-refractivity contribution < 1.29 is 38.6 Å². The fraction of sp³-hybridized carbons (Fsp3) is 0.458. The number of hydrogen-bond donors (Lipinski definition) is 4. The minimum atomic E-state index is -1.56. The van der Waals surface area contributed by atoms with Crippen LogP contribution in [0.1, 0.15) is 52.1 Å². The number of benzene rings is 1. The number of hydrogen-bond acceptors (Lipinski definition) is 8. The molecule has 36 heavy (non-hydrogen) atoms. The number of nitrogens with one attached hydrogen (secondary N) is 2. The van der Waals surface area contributed by atoms with Crippen LogP contribution < -0.4 is 16.4 Å². The molecule has 4 amide bonds. The average Bonchev–Trinajstić information content (AvgIpc) is 2.74. The van der Waals surface area contributed by atoms with E-state index in [1.54, 1.807) is 27.7 Å². The number of ether oxygens (including phenoxy) is 2. The van der Waals surface area contributed by atoms with Gasteiger partial charge >= 0.3 is 12.1 Å². The van der Waals surface area contributed by atoms with E-state index in [4.69, 9.17) is 21.6 Å². The molecule has 5 N–H and O–H groups in total. The quantitative estimate of drug-likeness (QED) is 0.193. The highest BCUT2D eigenvalue weighted by atomic mass is 16.6. The Hall–Kier alpha value is -4.27. The largest absolute Gasteiger partial charge is 0.508 e. The maximum Gasteiger partial charge on any atom is 0.408 e. The van der Waals surface area contributed by atoms with Crippen molar-refractivity contribution in [1.29, 1.82) is 0 Å². The zero-order valence-corrected chi connectivity index (χ0v) is 20.7. The molecule has 0 saturated carbocycles. The Bertz CT molecular complexity index is 1010. The molecular weight excluding hydrogens is 472 g/mol. The Morgan fingerprint density at radius 3 is 2.42 bits per heavy atom. The molecule has 0 spiro atoms. The molecule has 1 aromatic carbocycles. The Balaban J connectivity index is 3.29. The minimum Gasteiger partial charge on any atom is -0.508 e. The van der Waals surface area contributed by atoms with Crippen molar-refractivity contribution >= 4 is 29.8 Å². The minimum absolute atomic E-state index is 0.125. The highest BCUT2D eigenvalue weighted by molar-refractivity contribution is 5.95. The number of phenolic OH excluding ortho intramolecular Hbond substituents is 1. The fourth-order valence-electron chi connectivity index (χ4n) is 3.01. The predicted molar refractivity (Wildman–Crippen MR) is 128 cm³/mol. The van der Waals surface area contributed by atoms with E-state index in [1.165, 1.54) is 24.3 Å². The molecule has 1 rings (SSSR count). The number of carbonyl (C=O) groups is 5. The van der Waals surface area contributed by atoms with Gasteiger partial charge in [0.05, 0.1) is 19.4 Å². The van der Waals surface area contributed by atoms with Gasteiger partial charge in [-0.3, -0.25) is 24.1 Å². The molecule has 2 unspecified atom stereocenters. The molecule has 0 aromatic heterocycles. The number of carbonyl (C=O) groups excluding carboxylic acids is 5. The monoisotopic (exact) mass is 504 g/mol. The van der Waals surface area contributed by atoms with Crippen molar-refractivity contribution in [1.82, 2.24) is 15.5 Å². The molecule has 0 heterocycles. The Morgan fingerprint density at radius 1 is 1.22 bits per heavy atom. The molecule has 0 radical (unpaired) electrons. The number of amides is 4. The highest BCUT2D eigenvalue weighted by Gasteiger charge is 2.36. The lowest BCUT2D eigenvalue weighted by Gasteiger charge is -2.30. The molecule has 12 nitrogen and oxygen atoms in total. The van der Waals surface area contributed by atoms with Crippen LogP contribution >= 0.6 is 0 Å². The number of phenols is 1. The second kappa shape index (κ2) is 13.6. The summed E-state index contributed by atoms with van der Waals surface area (Å²) in [4.78, 5) is 62.7. The molecule has 0 aliphatic heterocycles. The normalized spacial score (nSPS) is 12.3. The number of aromatic hydroxyl groups is 1. The van der Waals surface area contributed by atoms with E-state index in [1.807, 2.05) is 0 Å². The van der Waals surface area contributed by atoms with Crippen LogP contribution in [0.3, 0.4) is 0 Å². The summed E-state index contributed by atoms with van der Waals surface area (Å²) in [7, 11) is 0. The maximum atomic E-state index is 13.4. The summed E-state index contributed by atoms with van der Waals surface area (Å²) in [5.41, 5.74) is 4.48. The van der Waals surface area contributed by atoms with Crippen molar-refractivity contribution in [2.45, 2.75) is 58.2 Å². The number of terminal acetylenes is 1. The molecule has 2 atom stereocenters. The van der Waals surface area contributed by atoms with E-state index in [2.05, 4.69) is 16.7 Å². The predicted octanol–water partition coefficient (Wildman–Crippen LogP) is 0.691. The molecule has 0 saturated heterocycles. The first-order chi connectivity index (χ1) is 16.8. The van der Waals surface area contributed by atoms with Gasteiger partial charge in [0.25, 0.3) is 5.91 Å². The summed E-state index contributed by atoms with van der Waals surface area (Å²) in [5, 5.41) is 14.7. The van der Waals surface area contributed by atoms with Crippen LogP contribution in [0.5, 0.6) is 5.75 Å². The van der Waals surface area contributed by atoms with Crippen LogP contribution in [0.4, 0.5) is 4.79 Å². The smallest absolute Gasteiger partial charge is 0.408 e. The second-order valence-electron chi connectivity index (χ2n) is 8.55. The van der Waals surface area contributed by atoms with Gasteiger partial charge in [0, 0.05) is 12.6 Å². The molecule has 12 heteroatoms. The number of rotatable bonds is 11. The fourth-order valence-corrected chi connectivity index (χ4v) is 3.01. The second-order valence-corrected chi connectivity index (χ2v) is 8.55. The van der Waals surface area contributed by atoms with Crippen LogP contribution in [0.2, 0.25) is 0 Å². The first-order valence-corrected chi connectivity index (χ1v) is 11.1. The van der Waals surface area contributed by atoms with Crippen molar-refractivity contribution in [2.75, 3.05) is 13.2 Å². The SMILES string of the molecule is C#CN(C(=O)C(CC(N)=O)NC(=O)OC(C)(C)C)C(C(=O)NCCC(=O)OCC)c1cccc(O)c1. The summed E-state index contributed by atoms with van der Waals surface area (Å²) < 4.78 is 9.95. The van der Waals surface area contributed by atoms with E-state index in [-0.39, 0.29) is 30.9 Å². The molecule has 0 fully saturated rings. The average molecular weight is 505 g/mol. The number of nitrogens with two attached hydrogens (primary N) is 1. The van der Waals surface area contributed by atoms with Crippen LogP contribution in [0.25, 0.3) is 0 Å². The number of esters is 1. The van der Waals surface area contributed by atoms with Gasteiger partial charge in [-0.15, -0.1) is 0 Å². The molecule has 196 valence electrons. The summed E-state index contributed by atoms with van der Waals surface area (Å²) >= 11 is 0. The molecular formula is C24H32N4O8. The van der Waals surface area contributed by atoms with E-state index < -0.39 is 53.9 Å². The van der Waals surface area contributed by atoms with Gasteiger partial charge in [-0.25, -0.2) is 4.79 Å². The van der Waals surface area contributed by atoms with Gasteiger partial charge in [0.1, 0.15) is 23.4 Å². The lowest BCUT2D eigenvalue weighted by molar-refractivity contribution is -0.143. The van der Waals surface area contributed by atoms with E-state index in [0.717, 1.165) is 0 Å². The molecule has 0 aliphatic carbocycles. The number of nitrogens with zero attached hydrogens (tertiary/aromatic N) is 1. The zero-order chi connectivity index (χ0) is 27.5. The third kappa shape index (κ3) is 9.92. The van der Waals surface area contributed by atoms with Crippen LogP contribution in [-0.2, 0) is 28.7 Å². The van der Waals surface area contributed by atoms with Crippen molar-refractivity contribution in [3.05, 3.63) is 29.8 Å². The van der Waals surface area contributed by atoms with E-state index in [9.17, 15) is 29.1 Å². The Kier molecular flexibility index (Phi) is 11.2. The van der Waals surface area contributed by atoms with Crippen LogP contribution in [0.15, 0.2) is 24.3 Å². The summed E-state index contributed by atoms with van der Waals surface area (Å²) in [6.45, 7) is 6.49. The highest BCUT2D eigenvalue weighted by Crippen LogP contribution is 2.25. The van der Waals surface area contributed by atoms with Gasteiger partial charge in [-0.2, -0.15) is 0 Å². The van der Waals surface area contributed by atoms with Gasteiger partial charge in [0.15, 0.2) is 0 Å². The van der Waals surface area contributed by atoms with Crippen molar-refractivity contribution in [3.8, 4) is 18.2 Å². The number of primary amides is 1. The standard InChI is InChI=1S/C24H32N4O8/c1-6-28(22(33)17(14-18(25)30)27-23(34)36-24(3,4)5)20(15-9-8-10-16(29)13-15)21(32)26-12-11-19(31)35-7-2/h1,8-10,13,17,20,29H,7,11-12,14H2,2-5H3,(H2,25,30)(H,26,32)(H,27,34). The molecule has 1 aromatic rings. The van der Waals surface area contributed by atoms with Crippen LogP contribution in [-0.4, -0.2) is 64.6 Å². The first kappa shape index (κ1) is 29.8. The Morgan fingerprint density at radius 2 is 1.89 bits per heavy atom. The maximum absolute atomic E-state index is 13.4.